The van der Waals surface area contributed by atoms with E-state index < -0.39 is 0 Å². The molecule has 0 atom stereocenters. The lowest BCUT2D eigenvalue weighted by Gasteiger charge is -2.10. The second-order valence-corrected chi connectivity index (χ2v) is 3.90. The van der Waals surface area contributed by atoms with Gasteiger partial charge in [0.25, 0.3) is 6.02 Å². The summed E-state index contributed by atoms with van der Waals surface area (Å²) in [5.41, 5.74) is 3.40. The number of hydrogen-bond acceptors (Lipinski definition) is 2. The zero-order chi connectivity index (χ0) is 10.8. The summed E-state index contributed by atoms with van der Waals surface area (Å²) < 4.78 is 5.46. The van der Waals surface area contributed by atoms with Crippen LogP contribution in [0, 0.1) is 13.8 Å². The van der Waals surface area contributed by atoms with Crippen LogP contribution in [0.4, 0.5) is 5.69 Å². The number of likely N-dealkylation sites (N-methyl/N-ethyl adjacent to an activating group) is 1. The standard InChI is InChI=1S/C12H16N2O/c1-9-5-4-6-10(2)11(9)13-12-14(3)7-8-15-12/h4-6H,7-8H2,1-3H3. The summed E-state index contributed by atoms with van der Waals surface area (Å²) in [6.45, 7) is 5.80. The Morgan fingerprint density at radius 2 is 1.93 bits per heavy atom. The fraction of sp³-hybridized carbons (Fsp3) is 0.417. The lowest BCUT2D eigenvalue weighted by Crippen LogP contribution is -2.19. The highest BCUT2D eigenvalue weighted by atomic mass is 16.5. The third kappa shape index (κ3) is 1.96. The van der Waals surface area contributed by atoms with Crippen LogP contribution in [0.3, 0.4) is 0 Å². The Morgan fingerprint density at radius 3 is 2.47 bits per heavy atom. The molecule has 80 valence electrons. The van der Waals surface area contributed by atoms with Gasteiger partial charge in [0.1, 0.15) is 6.61 Å². The Bertz CT molecular complexity index is 378. The van der Waals surface area contributed by atoms with Crippen molar-refractivity contribution in [3.05, 3.63) is 29.3 Å². The van der Waals surface area contributed by atoms with Crippen molar-refractivity contribution >= 4 is 11.7 Å². The molecule has 0 aromatic heterocycles. The summed E-state index contributed by atoms with van der Waals surface area (Å²) in [6.07, 6.45) is 0. The molecule has 0 N–H and O–H groups in total. The molecule has 0 radical (unpaired) electrons. The zero-order valence-electron chi connectivity index (χ0n) is 9.45. The Labute approximate surface area is 90.4 Å². The van der Waals surface area contributed by atoms with Gasteiger partial charge in [-0.3, -0.25) is 0 Å². The van der Waals surface area contributed by atoms with Gasteiger partial charge in [-0.15, -0.1) is 0 Å². The van der Waals surface area contributed by atoms with E-state index in [1.54, 1.807) is 0 Å². The molecule has 0 saturated carbocycles. The molecule has 1 aromatic carbocycles. The first-order valence-electron chi connectivity index (χ1n) is 5.17. The van der Waals surface area contributed by atoms with Gasteiger partial charge in [0, 0.05) is 7.05 Å². The second kappa shape index (κ2) is 3.93. The van der Waals surface area contributed by atoms with E-state index in [9.17, 15) is 0 Å². The third-order valence-corrected chi connectivity index (χ3v) is 2.63. The molecule has 3 heteroatoms. The maximum atomic E-state index is 5.46. The van der Waals surface area contributed by atoms with Crippen molar-refractivity contribution in [2.75, 3.05) is 20.2 Å². The number of nitrogens with zero attached hydrogens (tertiary/aromatic N) is 2. The molecule has 2 rings (SSSR count). The number of para-hydroxylation sites is 1. The monoisotopic (exact) mass is 204 g/mol. The molecule has 0 bridgehead atoms. The lowest BCUT2D eigenvalue weighted by molar-refractivity contribution is 0.352. The van der Waals surface area contributed by atoms with Gasteiger partial charge in [-0.2, -0.15) is 4.99 Å². The highest BCUT2D eigenvalue weighted by Crippen LogP contribution is 2.24. The van der Waals surface area contributed by atoms with Gasteiger partial charge in [-0.25, -0.2) is 0 Å². The van der Waals surface area contributed by atoms with Crippen LogP contribution in [0.1, 0.15) is 11.1 Å². The summed E-state index contributed by atoms with van der Waals surface area (Å²) >= 11 is 0. The molecule has 1 heterocycles. The molecule has 1 aliphatic heterocycles. The first-order valence-corrected chi connectivity index (χ1v) is 5.17. The summed E-state index contributed by atoms with van der Waals surface area (Å²) in [6, 6.07) is 6.92. The number of rotatable bonds is 1. The first-order chi connectivity index (χ1) is 7.18. The molecule has 0 amide bonds. The van der Waals surface area contributed by atoms with Crippen molar-refractivity contribution in [3.63, 3.8) is 0 Å². The van der Waals surface area contributed by atoms with E-state index in [4.69, 9.17) is 4.74 Å². The molecule has 1 aromatic rings. The Hall–Kier alpha value is -1.51. The van der Waals surface area contributed by atoms with E-state index in [0.717, 1.165) is 24.9 Å². The van der Waals surface area contributed by atoms with Crippen LogP contribution < -0.4 is 0 Å². The van der Waals surface area contributed by atoms with Crippen LogP contribution in [0.15, 0.2) is 23.2 Å². The van der Waals surface area contributed by atoms with Crippen molar-refractivity contribution in [1.29, 1.82) is 0 Å². The molecule has 0 unspecified atom stereocenters. The number of amidine groups is 1. The fourth-order valence-corrected chi connectivity index (χ4v) is 1.67. The van der Waals surface area contributed by atoms with Crippen LogP contribution in [0.25, 0.3) is 0 Å². The van der Waals surface area contributed by atoms with Gasteiger partial charge in [0.05, 0.1) is 12.2 Å². The van der Waals surface area contributed by atoms with Crippen molar-refractivity contribution in [2.45, 2.75) is 13.8 Å². The van der Waals surface area contributed by atoms with E-state index in [0.29, 0.717) is 0 Å². The van der Waals surface area contributed by atoms with Crippen LogP contribution in [0.5, 0.6) is 0 Å². The van der Waals surface area contributed by atoms with E-state index in [1.165, 1.54) is 11.1 Å². The Balaban J connectivity index is 2.38. The number of benzene rings is 1. The summed E-state index contributed by atoms with van der Waals surface area (Å²) in [7, 11) is 2.00. The second-order valence-electron chi connectivity index (χ2n) is 3.90. The van der Waals surface area contributed by atoms with Crippen molar-refractivity contribution in [2.24, 2.45) is 4.99 Å². The number of aliphatic imine (C=N–C) groups is 1. The predicted molar refractivity (Wildman–Crippen MR) is 61.6 cm³/mol. The van der Waals surface area contributed by atoms with E-state index in [2.05, 4.69) is 31.0 Å². The van der Waals surface area contributed by atoms with Gasteiger partial charge < -0.3 is 9.64 Å². The topological polar surface area (TPSA) is 24.8 Å². The highest BCUT2D eigenvalue weighted by Gasteiger charge is 2.16. The molecule has 1 saturated heterocycles. The average Bonchev–Trinajstić information content (AvgIpc) is 2.58. The normalized spacial score (nSPS) is 18.3. The highest BCUT2D eigenvalue weighted by molar-refractivity contribution is 5.79. The number of aryl methyl sites for hydroxylation is 2. The average molecular weight is 204 g/mol. The summed E-state index contributed by atoms with van der Waals surface area (Å²) in [4.78, 5) is 6.59. The third-order valence-electron chi connectivity index (χ3n) is 2.63. The first kappa shape index (κ1) is 10.0. The zero-order valence-corrected chi connectivity index (χ0v) is 9.45. The van der Waals surface area contributed by atoms with Gasteiger partial charge >= 0.3 is 0 Å². The molecule has 1 aliphatic rings. The molecule has 0 aliphatic carbocycles. The Morgan fingerprint density at radius 1 is 1.27 bits per heavy atom. The number of hydrogen-bond donors (Lipinski definition) is 0. The minimum Gasteiger partial charge on any atom is -0.463 e. The minimum atomic E-state index is 0.729. The van der Waals surface area contributed by atoms with Crippen molar-refractivity contribution in [3.8, 4) is 0 Å². The molecule has 15 heavy (non-hydrogen) atoms. The lowest BCUT2D eigenvalue weighted by atomic mass is 10.1. The predicted octanol–water partition coefficient (Wildman–Crippen LogP) is 2.25. The van der Waals surface area contributed by atoms with E-state index in [1.807, 2.05) is 18.0 Å². The van der Waals surface area contributed by atoms with Gasteiger partial charge in [0.2, 0.25) is 0 Å². The van der Waals surface area contributed by atoms with Gasteiger partial charge in [0.15, 0.2) is 0 Å². The van der Waals surface area contributed by atoms with Gasteiger partial charge in [-0.05, 0) is 25.0 Å². The van der Waals surface area contributed by atoms with Crippen LogP contribution in [0.2, 0.25) is 0 Å². The van der Waals surface area contributed by atoms with Gasteiger partial charge in [-0.1, -0.05) is 18.2 Å². The fourth-order valence-electron chi connectivity index (χ4n) is 1.67. The molecule has 0 spiro atoms. The van der Waals surface area contributed by atoms with E-state index in [-0.39, 0.29) is 0 Å². The SMILES string of the molecule is Cc1cccc(C)c1N=C1OCCN1C. The van der Waals surface area contributed by atoms with Crippen LogP contribution >= 0.6 is 0 Å². The number of ether oxygens (including phenoxy) is 1. The maximum absolute atomic E-state index is 5.46. The largest absolute Gasteiger partial charge is 0.463 e. The molecule has 1 fully saturated rings. The minimum absolute atomic E-state index is 0.729. The van der Waals surface area contributed by atoms with E-state index >= 15 is 0 Å². The molecular formula is C12H16N2O. The maximum Gasteiger partial charge on any atom is 0.292 e. The van der Waals surface area contributed by atoms with Crippen molar-refractivity contribution < 1.29 is 4.74 Å². The summed E-state index contributed by atoms with van der Waals surface area (Å²) in [5.74, 6) is 0. The molecular weight excluding hydrogens is 188 g/mol. The summed E-state index contributed by atoms with van der Waals surface area (Å²) in [5, 5.41) is 0. The van der Waals surface area contributed by atoms with Crippen LogP contribution in [-0.2, 0) is 4.74 Å². The van der Waals surface area contributed by atoms with Crippen molar-refractivity contribution in [1.82, 2.24) is 4.90 Å². The smallest absolute Gasteiger partial charge is 0.292 e. The molecule has 3 nitrogen and oxygen atoms in total. The Kier molecular flexibility index (Phi) is 2.62. The van der Waals surface area contributed by atoms with Crippen LogP contribution in [-0.4, -0.2) is 31.1 Å². The quantitative estimate of drug-likeness (QED) is 0.701.